The minimum Gasteiger partial charge on any atom is -0.481 e. The predicted molar refractivity (Wildman–Crippen MR) is 150 cm³/mol. The molecule has 5 atom stereocenters. The quantitative estimate of drug-likeness (QED) is 0.362. The number of hydrogen-bond acceptors (Lipinski definition) is 4. The van der Waals surface area contributed by atoms with Crippen LogP contribution in [0.2, 0.25) is 0 Å². The van der Waals surface area contributed by atoms with Crippen LogP contribution in [0.15, 0.2) is 47.1 Å². The summed E-state index contributed by atoms with van der Waals surface area (Å²) in [7, 11) is 2.10. The molecule has 0 aromatic heterocycles. The summed E-state index contributed by atoms with van der Waals surface area (Å²) in [5.41, 5.74) is 6.87. The Morgan fingerprint density at radius 1 is 1.03 bits per heavy atom. The van der Waals surface area contributed by atoms with Crippen molar-refractivity contribution in [3.63, 3.8) is 0 Å². The molecule has 0 radical (unpaired) electrons. The topological polar surface area (TPSA) is 74.7 Å². The second-order valence-corrected chi connectivity index (χ2v) is 12.5. The number of benzene rings is 1. The number of carboxylic acid groups (broad SMARTS) is 1. The van der Waals surface area contributed by atoms with E-state index < -0.39 is 5.97 Å². The van der Waals surface area contributed by atoms with Gasteiger partial charge in [-0.1, -0.05) is 31.1 Å². The van der Waals surface area contributed by atoms with Gasteiger partial charge in [0.15, 0.2) is 5.78 Å². The first-order valence-corrected chi connectivity index (χ1v) is 14.7. The summed E-state index contributed by atoms with van der Waals surface area (Å²) in [5.74, 6) is 1.42. The van der Waals surface area contributed by atoms with E-state index in [0.717, 1.165) is 64.3 Å². The molecule has 0 bridgehead atoms. The van der Waals surface area contributed by atoms with Crippen LogP contribution in [0, 0.1) is 23.2 Å². The maximum Gasteiger partial charge on any atom is 0.303 e. The van der Waals surface area contributed by atoms with Crippen LogP contribution < -0.4 is 4.90 Å². The van der Waals surface area contributed by atoms with E-state index in [0.29, 0.717) is 30.0 Å². The zero-order valence-corrected chi connectivity index (χ0v) is 23.3. The molecule has 0 heterocycles. The molecule has 38 heavy (non-hydrogen) atoms. The van der Waals surface area contributed by atoms with Crippen molar-refractivity contribution in [1.82, 2.24) is 0 Å². The Morgan fingerprint density at radius 2 is 1.79 bits per heavy atom. The van der Waals surface area contributed by atoms with Crippen molar-refractivity contribution >= 4 is 23.2 Å². The Morgan fingerprint density at radius 3 is 2.50 bits per heavy atom. The van der Waals surface area contributed by atoms with E-state index in [2.05, 4.69) is 43.1 Å². The van der Waals surface area contributed by atoms with Gasteiger partial charge in [-0.2, -0.15) is 0 Å². The maximum atomic E-state index is 12.8. The molecule has 0 amide bonds. The van der Waals surface area contributed by atoms with Crippen molar-refractivity contribution in [2.75, 3.05) is 18.5 Å². The van der Waals surface area contributed by atoms with E-state index in [9.17, 15) is 14.4 Å². The van der Waals surface area contributed by atoms with E-state index in [1.807, 2.05) is 6.08 Å². The van der Waals surface area contributed by atoms with Crippen molar-refractivity contribution in [3.8, 4) is 0 Å². The fourth-order valence-electron chi connectivity index (χ4n) is 8.52. The lowest BCUT2D eigenvalue weighted by molar-refractivity contribution is -0.137. The largest absolute Gasteiger partial charge is 0.481 e. The molecule has 1 N–H and O–H groups in total. The van der Waals surface area contributed by atoms with Crippen molar-refractivity contribution in [2.45, 2.75) is 90.4 Å². The molecule has 0 aliphatic heterocycles. The number of carboxylic acids is 1. The van der Waals surface area contributed by atoms with Gasteiger partial charge >= 0.3 is 5.97 Å². The Bertz CT molecular complexity index is 1160. The molecule has 2 saturated carbocycles. The molecule has 5 heteroatoms. The molecule has 0 spiro atoms. The van der Waals surface area contributed by atoms with Crippen molar-refractivity contribution in [3.05, 3.63) is 52.6 Å². The van der Waals surface area contributed by atoms with Crippen LogP contribution in [0.4, 0.5) is 5.69 Å². The molecule has 5 nitrogen and oxygen atoms in total. The first-order chi connectivity index (χ1) is 18.2. The van der Waals surface area contributed by atoms with Gasteiger partial charge in [0.1, 0.15) is 5.78 Å². The molecule has 0 unspecified atom stereocenters. The molecular weight excluding hydrogens is 474 g/mol. The minimum absolute atomic E-state index is 0.0301. The number of hydrogen-bond donors (Lipinski definition) is 1. The highest BCUT2D eigenvalue weighted by atomic mass is 16.4. The van der Waals surface area contributed by atoms with Crippen LogP contribution in [0.5, 0.6) is 0 Å². The van der Waals surface area contributed by atoms with Crippen LogP contribution in [0.3, 0.4) is 0 Å². The third-order valence-electron chi connectivity index (χ3n) is 10.3. The van der Waals surface area contributed by atoms with Crippen LogP contribution in [0.25, 0.3) is 0 Å². The highest BCUT2D eigenvalue weighted by molar-refractivity contribution is 5.93. The van der Waals surface area contributed by atoms with Gasteiger partial charge in [-0.05, 0) is 110 Å². The number of anilines is 1. The second kappa shape index (κ2) is 10.8. The molecule has 1 aromatic carbocycles. The third kappa shape index (κ3) is 5.01. The highest BCUT2D eigenvalue weighted by Crippen LogP contribution is 2.65. The predicted octanol–water partition coefficient (Wildman–Crippen LogP) is 6.87. The van der Waals surface area contributed by atoms with Crippen LogP contribution >= 0.6 is 0 Å². The summed E-state index contributed by atoms with van der Waals surface area (Å²) in [6.07, 6.45) is 11.5. The number of allylic oxidation sites excluding steroid dienone is 4. The molecule has 204 valence electrons. The van der Waals surface area contributed by atoms with Gasteiger partial charge < -0.3 is 10.0 Å². The molecule has 1 aromatic rings. The lowest BCUT2D eigenvalue weighted by atomic mass is 9.51. The van der Waals surface area contributed by atoms with E-state index in [4.69, 9.17) is 5.11 Å². The smallest absolute Gasteiger partial charge is 0.303 e. The van der Waals surface area contributed by atoms with Crippen molar-refractivity contribution < 1.29 is 19.5 Å². The van der Waals surface area contributed by atoms with Gasteiger partial charge in [-0.15, -0.1) is 0 Å². The van der Waals surface area contributed by atoms with Gasteiger partial charge in [0.05, 0.1) is 0 Å². The number of nitrogens with zero attached hydrogens (tertiary/aromatic N) is 1. The van der Waals surface area contributed by atoms with Gasteiger partial charge in [0.25, 0.3) is 0 Å². The average molecular weight is 518 g/mol. The SMILES string of the molecule is CC(=O)[C@H]1CC[C@H]2[C@@H]3CCC4=CC(=O)CCC4=C3[C@@H](c3ccc(N(C)CCCCCC(=O)O)cc3)C[C@]12C. The lowest BCUT2D eigenvalue weighted by Crippen LogP contribution is -2.44. The Labute approximate surface area is 227 Å². The zero-order chi connectivity index (χ0) is 27.0. The highest BCUT2D eigenvalue weighted by Gasteiger charge is 2.57. The Kier molecular flexibility index (Phi) is 7.66. The number of aliphatic carboxylic acids is 1. The lowest BCUT2D eigenvalue weighted by Gasteiger charge is -2.52. The van der Waals surface area contributed by atoms with Gasteiger partial charge in [0, 0.05) is 44.0 Å². The summed E-state index contributed by atoms with van der Waals surface area (Å²) in [6.45, 7) is 5.09. The molecule has 5 rings (SSSR count). The number of rotatable bonds is 9. The first-order valence-electron chi connectivity index (χ1n) is 14.7. The maximum absolute atomic E-state index is 12.8. The van der Waals surface area contributed by atoms with Crippen LogP contribution in [0.1, 0.15) is 96.0 Å². The number of carbonyl (C=O) groups is 3. The summed E-state index contributed by atoms with van der Waals surface area (Å²) in [6, 6.07) is 9.03. The molecule has 4 aliphatic carbocycles. The van der Waals surface area contributed by atoms with Gasteiger partial charge in [-0.3, -0.25) is 14.4 Å². The van der Waals surface area contributed by atoms with Crippen molar-refractivity contribution in [2.24, 2.45) is 23.2 Å². The molecule has 4 aliphatic rings. The summed E-state index contributed by atoms with van der Waals surface area (Å²) in [4.78, 5) is 38.0. The number of unbranched alkanes of at least 4 members (excludes halogenated alkanes) is 2. The first kappa shape index (κ1) is 26.9. The van der Waals surface area contributed by atoms with E-state index >= 15 is 0 Å². The fourth-order valence-corrected chi connectivity index (χ4v) is 8.52. The van der Waals surface area contributed by atoms with E-state index in [-0.39, 0.29) is 23.5 Å². The van der Waals surface area contributed by atoms with E-state index in [1.54, 1.807) is 12.5 Å². The number of ketones is 2. The molecule has 0 saturated heterocycles. The number of Topliss-reactive ketones (excluding diaryl/α,β-unsaturated/α-hetero) is 1. The van der Waals surface area contributed by atoms with Crippen LogP contribution in [-0.4, -0.2) is 36.2 Å². The van der Waals surface area contributed by atoms with E-state index in [1.165, 1.54) is 22.4 Å². The Balaban J connectivity index is 1.42. The second-order valence-electron chi connectivity index (χ2n) is 12.5. The Hall–Kier alpha value is -2.69. The number of fused-ring (bicyclic) bond motifs is 4. The standard InChI is InChI=1S/C33H43NO4/c1-21(35)29-16-17-30-27-14-10-23-19-25(36)13-15-26(23)32(27)28(20-33(29,30)2)22-8-11-24(12-9-22)34(3)18-6-4-5-7-31(37)38/h8-9,11-12,19,27-30H,4-7,10,13-18,20H2,1-3H3,(H,37,38)/t27-,28+,29+,30-,33+/m0/s1. The average Bonchev–Trinajstić information content (AvgIpc) is 3.24. The minimum atomic E-state index is -0.720. The van der Waals surface area contributed by atoms with Crippen molar-refractivity contribution in [1.29, 1.82) is 0 Å². The fraction of sp³-hybridized carbons (Fsp3) is 0.606. The zero-order valence-electron chi connectivity index (χ0n) is 23.3. The van der Waals surface area contributed by atoms with Crippen LogP contribution in [-0.2, 0) is 14.4 Å². The molecular formula is C33H43NO4. The van der Waals surface area contributed by atoms with Gasteiger partial charge in [0.2, 0.25) is 0 Å². The number of carbonyl (C=O) groups excluding carboxylic acids is 2. The monoisotopic (exact) mass is 517 g/mol. The summed E-state index contributed by atoms with van der Waals surface area (Å²) in [5, 5.41) is 8.84. The van der Waals surface area contributed by atoms with Gasteiger partial charge in [-0.25, -0.2) is 0 Å². The normalized spacial score (nSPS) is 30.3. The molecule has 2 fully saturated rings. The summed E-state index contributed by atoms with van der Waals surface area (Å²) < 4.78 is 0. The third-order valence-corrected chi connectivity index (χ3v) is 10.3. The summed E-state index contributed by atoms with van der Waals surface area (Å²) >= 11 is 0.